The van der Waals surface area contributed by atoms with Crippen molar-refractivity contribution in [2.75, 3.05) is 27.3 Å². The number of ether oxygens (including phenoxy) is 2. The molecule has 3 rings (SSSR count). The second-order valence-corrected chi connectivity index (χ2v) is 7.44. The molecule has 0 spiro atoms. The number of likely N-dealkylation sites (tertiary alicyclic amines) is 1. The fourth-order valence-corrected chi connectivity index (χ4v) is 3.73. The average Bonchev–Trinajstić information content (AvgIpc) is 3.11. The van der Waals surface area contributed by atoms with Crippen molar-refractivity contribution in [2.24, 2.45) is 0 Å². The molecular weight excluding hydrogens is 374 g/mol. The Morgan fingerprint density at radius 3 is 2.55 bits per heavy atom. The van der Waals surface area contributed by atoms with Crippen molar-refractivity contribution in [1.82, 2.24) is 25.4 Å². The van der Waals surface area contributed by atoms with Gasteiger partial charge in [0.15, 0.2) is 0 Å². The Balaban J connectivity index is 1.61. The van der Waals surface area contributed by atoms with E-state index in [2.05, 4.69) is 25.4 Å². The molecule has 9 heteroatoms. The number of methoxy groups -OCH3 is 2. The number of piperidine rings is 1. The minimum atomic E-state index is -0.847. The number of carbonyl (C=O) groups is 1. The van der Waals surface area contributed by atoms with Gasteiger partial charge in [0.25, 0.3) is 5.91 Å². The van der Waals surface area contributed by atoms with E-state index in [-0.39, 0.29) is 5.91 Å². The van der Waals surface area contributed by atoms with Crippen molar-refractivity contribution < 1.29 is 18.7 Å². The number of nitrogens with one attached hydrogen (secondary N) is 1. The van der Waals surface area contributed by atoms with Crippen molar-refractivity contribution in [2.45, 2.75) is 52.3 Å². The van der Waals surface area contributed by atoms with Crippen LogP contribution in [-0.2, 0) is 22.6 Å². The van der Waals surface area contributed by atoms with E-state index in [1.165, 1.54) is 0 Å². The van der Waals surface area contributed by atoms with Gasteiger partial charge in [-0.1, -0.05) is 0 Å². The van der Waals surface area contributed by atoms with Gasteiger partial charge in [-0.3, -0.25) is 9.69 Å². The first-order chi connectivity index (χ1) is 13.9. The molecule has 2 aromatic heterocycles. The number of carbonyl (C=O) groups excluding carboxylic acids is 1. The molecular formula is C20H29N5O4. The van der Waals surface area contributed by atoms with Gasteiger partial charge >= 0.3 is 0 Å². The fraction of sp³-hybridized carbons (Fsp3) is 0.600. The third-order valence-corrected chi connectivity index (χ3v) is 5.45. The van der Waals surface area contributed by atoms with Crippen LogP contribution >= 0.6 is 0 Å². The molecule has 1 saturated heterocycles. The zero-order valence-corrected chi connectivity index (χ0v) is 17.7. The van der Waals surface area contributed by atoms with E-state index in [1.807, 2.05) is 19.9 Å². The van der Waals surface area contributed by atoms with Crippen LogP contribution in [0.2, 0.25) is 0 Å². The number of pyridine rings is 1. The molecule has 0 radical (unpaired) electrons. The van der Waals surface area contributed by atoms with Crippen molar-refractivity contribution in [3.63, 3.8) is 0 Å². The zero-order valence-electron chi connectivity index (χ0n) is 17.7. The van der Waals surface area contributed by atoms with Crippen LogP contribution in [-0.4, -0.2) is 58.9 Å². The summed E-state index contributed by atoms with van der Waals surface area (Å²) in [5, 5.41) is 10.9. The summed E-state index contributed by atoms with van der Waals surface area (Å²) in [6.45, 7) is 8.01. The van der Waals surface area contributed by atoms with Gasteiger partial charge in [0.05, 0.1) is 13.7 Å². The second kappa shape index (κ2) is 8.87. The third-order valence-electron chi connectivity index (χ3n) is 5.45. The standard InChI is InChI=1S/C20H29N5O4/c1-13-10-14(2)22-18(27-4)16(13)11-21-19(26)20(28-5)6-8-25(9-7-20)12-17-24-23-15(3)29-17/h10H,6-9,11-12H2,1-5H3,(H,21,26). The van der Waals surface area contributed by atoms with Gasteiger partial charge in [-0.2, -0.15) is 0 Å². The van der Waals surface area contributed by atoms with Gasteiger partial charge < -0.3 is 19.2 Å². The van der Waals surface area contributed by atoms with Crippen molar-refractivity contribution in [3.8, 4) is 5.88 Å². The van der Waals surface area contributed by atoms with E-state index in [9.17, 15) is 4.79 Å². The number of nitrogens with zero attached hydrogens (tertiary/aromatic N) is 4. The summed E-state index contributed by atoms with van der Waals surface area (Å²) in [6, 6.07) is 1.98. The lowest BCUT2D eigenvalue weighted by atomic mass is 9.90. The predicted octanol–water partition coefficient (Wildman–Crippen LogP) is 1.70. The monoisotopic (exact) mass is 403 g/mol. The Hall–Kier alpha value is -2.52. The van der Waals surface area contributed by atoms with Gasteiger partial charge in [-0.05, 0) is 38.3 Å². The SMILES string of the molecule is COc1nc(C)cc(C)c1CNC(=O)C1(OC)CCN(Cc2nnc(C)o2)CC1. The van der Waals surface area contributed by atoms with Crippen LogP contribution in [0.5, 0.6) is 5.88 Å². The second-order valence-electron chi connectivity index (χ2n) is 7.44. The van der Waals surface area contributed by atoms with Crippen LogP contribution < -0.4 is 10.1 Å². The molecule has 0 aliphatic carbocycles. The van der Waals surface area contributed by atoms with E-state index in [0.717, 1.165) is 16.8 Å². The van der Waals surface area contributed by atoms with Gasteiger partial charge in [-0.25, -0.2) is 4.98 Å². The van der Waals surface area contributed by atoms with Crippen molar-refractivity contribution in [1.29, 1.82) is 0 Å². The maximum Gasteiger partial charge on any atom is 0.252 e. The van der Waals surface area contributed by atoms with Crippen LogP contribution in [0.3, 0.4) is 0 Å². The van der Waals surface area contributed by atoms with Gasteiger partial charge in [-0.15, -0.1) is 10.2 Å². The van der Waals surface area contributed by atoms with E-state index in [1.54, 1.807) is 21.1 Å². The first-order valence-corrected chi connectivity index (χ1v) is 9.73. The molecule has 1 amide bonds. The van der Waals surface area contributed by atoms with Crippen LogP contribution in [0.15, 0.2) is 10.5 Å². The number of hydrogen-bond donors (Lipinski definition) is 1. The quantitative estimate of drug-likeness (QED) is 0.745. The Bertz CT molecular complexity index is 859. The molecule has 0 unspecified atom stereocenters. The summed E-state index contributed by atoms with van der Waals surface area (Å²) in [5.74, 6) is 1.57. The lowest BCUT2D eigenvalue weighted by Crippen LogP contribution is -2.54. The molecule has 0 saturated carbocycles. The normalized spacial score (nSPS) is 16.6. The predicted molar refractivity (Wildman–Crippen MR) is 105 cm³/mol. The molecule has 0 atom stereocenters. The molecule has 0 aromatic carbocycles. The maximum atomic E-state index is 13.0. The molecule has 1 aliphatic heterocycles. The fourth-order valence-electron chi connectivity index (χ4n) is 3.73. The minimum Gasteiger partial charge on any atom is -0.481 e. The Labute approximate surface area is 170 Å². The van der Waals surface area contributed by atoms with Crippen LogP contribution in [0, 0.1) is 20.8 Å². The van der Waals surface area contributed by atoms with E-state index in [4.69, 9.17) is 13.9 Å². The number of amides is 1. The molecule has 1 fully saturated rings. The van der Waals surface area contributed by atoms with Crippen molar-refractivity contribution >= 4 is 5.91 Å². The molecule has 1 aliphatic rings. The van der Waals surface area contributed by atoms with Gasteiger partial charge in [0, 0.05) is 44.9 Å². The molecule has 2 aromatic rings. The van der Waals surface area contributed by atoms with E-state index in [0.29, 0.717) is 56.7 Å². The first kappa shape index (κ1) is 21.2. The highest BCUT2D eigenvalue weighted by molar-refractivity contribution is 5.85. The summed E-state index contributed by atoms with van der Waals surface area (Å²) in [4.78, 5) is 19.6. The molecule has 158 valence electrons. The lowest BCUT2D eigenvalue weighted by molar-refractivity contribution is -0.150. The number of hydrogen-bond acceptors (Lipinski definition) is 8. The smallest absolute Gasteiger partial charge is 0.252 e. The minimum absolute atomic E-state index is 0.115. The van der Waals surface area contributed by atoms with Crippen molar-refractivity contribution in [3.05, 3.63) is 34.7 Å². The maximum absolute atomic E-state index is 13.0. The Morgan fingerprint density at radius 2 is 1.97 bits per heavy atom. The van der Waals surface area contributed by atoms with E-state index >= 15 is 0 Å². The summed E-state index contributed by atoms with van der Waals surface area (Å²) < 4.78 is 16.5. The number of aromatic nitrogens is 3. The summed E-state index contributed by atoms with van der Waals surface area (Å²) in [6.07, 6.45) is 1.18. The highest BCUT2D eigenvalue weighted by Gasteiger charge is 2.41. The highest BCUT2D eigenvalue weighted by atomic mass is 16.5. The lowest BCUT2D eigenvalue weighted by Gasteiger charge is -2.39. The van der Waals surface area contributed by atoms with E-state index < -0.39 is 5.60 Å². The highest BCUT2D eigenvalue weighted by Crippen LogP contribution is 2.28. The molecule has 0 bridgehead atoms. The molecule has 29 heavy (non-hydrogen) atoms. The van der Waals surface area contributed by atoms with Crippen LogP contribution in [0.4, 0.5) is 0 Å². The first-order valence-electron chi connectivity index (χ1n) is 9.73. The van der Waals surface area contributed by atoms with Gasteiger partial charge in [0.1, 0.15) is 5.60 Å². The summed E-state index contributed by atoms with van der Waals surface area (Å²) in [5.41, 5.74) is 1.94. The van der Waals surface area contributed by atoms with Gasteiger partial charge in [0.2, 0.25) is 17.7 Å². The number of aryl methyl sites for hydroxylation is 3. The number of rotatable bonds is 7. The summed E-state index contributed by atoms with van der Waals surface area (Å²) in [7, 11) is 3.18. The van der Waals surface area contributed by atoms with Crippen LogP contribution in [0.1, 0.15) is 41.4 Å². The van der Waals surface area contributed by atoms with Crippen LogP contribution in [0.25, 0.3) is 0 Å². The average molecular weight is 403 g/mol. The molecule has 1 N–H and O–H groups in total. The largest absolute Gasteiger partial charge is 0.481 e. The Kier molecular flexibility index (Phi) is 6.49. The zero-order chi connectivity index (χ0) is 21.0. The topological polar surface area (TPSA) is 103 Å². The molecule has 9 nitrogen and oxygen atoms in total. The third kappa shape index (κ3) is 4.73. The Morgan fingerprint density at radius 1 is 1.24 bits per heavy atom. The summed E-state index contributed by atoms with van der Waals surface area (Å²) >= 11 is 0. The molecule has 3 heterocycles.